The van der Waals surface area contributed by atoms with Crippen LogP contribution in [0, 0.1) is 0 Å². The van der Waals surface area contributed by atoms with Gasteiger partial charge in [-0.15, -0.1) is 5.10 Å². The molecule has 2 amide bonds. The standard InChI is InChI=1S/C18H16Cl2N6O2S/c1-10(21-17(28)13-7-4-8-14(19)15(13)20)16(27)22-11-5-3-6-12(9-11)26-18(29-2)23-24-25-26/h3-10H,1-2H3,(H,21,28)(H,22,27). The zero-order valence-electron chi connectivity index (χ0n) is 15.4. The van der Waals surface area contributed by atoms with Crippen molar-refractivity contribution in [2.75, 3.05) is 11.6 Å². The van der Waals surface area contributed by atoms with Crippen LogP contribution in [0.15, 0.2) is 47.6 Å². The number of carbonyl (C=O) groups is 2. The molecule has 11 heteroatoms. The van der Waals surface area contributed by atoms with Gasteiger partial charge in [0.1, 0.15) is 6.04 Å². The highest BCUT2D eigenvalue weighted by molar-refractivity contribution is 7.98. The maximum absolute atomic E-state index is 12.5. The van der Waals surface area contributed by atoms with Gasteiger partial charge in [-0.2, -0.15) is 4.68 Å². The summed E-state index contributed by atoms with van der Waals surface area (Å²) in [7, 11) is 0. The number of benzene rings is 2. The van der Waals surface area contributed by atoms with Gasteiger partial charge in [0.25, 0.3) is 5.91 Å². The number of rotatable bonds is 6. The average Bonchev–Trinajstić information content (AvgIpc) is 3.19. The molecule has 8 nitrogen and oxygen atoms in total. The summed E-state index contributed by atoms with van der Waals surface area (Å²) in [4.78, 5) is 24.9. The largest absolute Gasteiger partial charge is 0.340 e. The first-order valence-electron chi connectivity index (χ1n) is 8.39. The highest BCUT2D eigenvalue weighted by Crippen LogP contribution is 2.25. The predicted octanol–water partition coefficient (Wildman–Crippen LogP) is 3.45. The summed E-state index contributed by atoms with van der Waals surface area (Å²) in [6.45, 7) is 1.57. The normalized spacial score (nSPS) is 11.7. The van der Waals surface area contributed by atoms with Crippen LogP contribution in [0.1, 0.15) is 17.3 Å². The topological polar surface area (TPSA) is 102 Å². The van der Waals surface area contributed by atoms with Gasteiger partial charge in [-0.05, 0) is 53.9 Å². The molecule has 2 N–H and O–H groups in total. The van der Waals surface area contributed by atoms with E-state index in [1.807, 2.05) is 12.3 Å². The number of nitrogens with zero attached hydrogens (tertiary/aromatic N) is 4. The van der Waals surface area contributed by atoms with Crippen LogP contribution < -0.4 is 10.6 Å². The van der Waals surface area contributed by atoms with Crippen molar-refractivity contribution in [1.29, 1.82) is 0 Å². The molecule has 1 heterocycles. The molecule has 0 aliphatic heterocycles. The lowest BCUT2D eigenvalue weighted by Crippen LogP contribution is -2.41. The Morgan fingerprint density at radius 2 is 1.93 bits per heavy atom. The highest BCUT2D eigenvalue weighted by Gasteiger charge is 2.19. The SMILES string of the molecule is CSc1nnnn1-c1cccc(NC(=O)C(C)NC(=O)c2cccc(Cl)c2Cl)c1. The number of anilines is 1. The molecule has 0 spiro atoms. The summed E-state index contributed by atoms with van der Waals surface area (Å²) >= 11 is 13.4. The molecule has 1 unspecified atom stereocenters. The van der Waals surface area contributed by atoms with Gasteiger partial charge in [-0.25, -0.2) is 0 Å². The third-order valence-electron chi connectivity index (χ3n) is 3.92. The monoisotopic (exact) mass is 450 g/mol. The first-order chi connectivity index (χ1) is 13.9. The molecule has 3 rings (SSSR count). The van der Waals surface area contributed by atoms with Gasteiger partial charge < -0.3 is 10.6 Å². The summed E-state index contributed by atoms with van der Waals surface area (Å²) in [6, 6.07) is 11.0. The zero-order chi connectivity index (χ0) is 21.0. The summed E-state index contributed by atoms with van der Waals surface area (Å²) in [5.74, 6) is -0.886. The molecular formula is C18H16Cl2N6O2S. The Morgan fingerprint density at radius 1 is 1.17 bits per heavy atom. The number of tetrazole rings is 1. The number of nitrogens with one attached hydrogen (secondary N) is 2. The lowest BCUT2D eigenvalue weighted by Gasteiger charge is -2.15. The fourth-order valence-electron chi connectivity index (χ4n) is 2.45. The Morgan fingerprint density at radius 3 is 2.69 bits per heavy atom. The number of hydrogen-bond donors (Lipinski definition) is 2. The van der Waals surface area contributed by atoms with E-state index in [-0.39, 0.29) is 15.6 Å². The number of carbonyl (C=O) groups excluding carboxylic acids is 2. The third kappa shape index (κ3) is 4.87. The van der Waals surface area contributed by atoms with Crippen LogP contribution in [0.5, 0.6) is 0 Å². The van der Waals surface area contributed by atoms with Crippen molar-refractivity contribution in [3.8, 4) is 5.69 Å². The van der Waals surface area contributed by atoms with E-state index in [4.69, 9.17) is 23.2 Å². The van der Waals surface area contributed by atoms with Crippen molar-refractivity contribution in [3.05, 3.63) is 58.1 Å². The van der Waals surface area contributed by atoms with E-state index in [2.05, 4.69) is 26.2 Å². The van der Waals surface area contributed by atoms with Crippen molar-refractivity contribution < 1.29 is 9.59 Å². The van der Waals surface area contributed by atoms with Crippen molar-refractivity contribution >= 4 is 52.5 Å². The van der Waals surface area contributed by atoms with Crippen molar-refractivity contribution in [3.63, 3.8) is 0 Å². The van der Waals surface area contributed by atoms with Crippen LogP contribution in [0.4, 0.5) is 5.69 Å². The minimum Gasteiger partial charge on any atom is -0.340 e. The van der Waals surface area contributed by atoms with E-state index >= 15 is 0 Å². The fourth-order valence-corrected chi connectivity index (χ4v) is 3.27. The smallest absolute Gasteiger partial charge is 0.253 e. The first-order valence-corrected chi connectivity index (χ1v) is 10.4. The quantitative estimate of drug-likeness (QED) is 0.557. The van der Waals surface area contributed by atoms with Crippen LogP contribution in [-0.4, -0.2) is 44.3 Å². The molecule has 0 saturated carbocycles. The Kier molecular flexibility index (Phi) is 6.73. The molecule has 1 aromatic heterocycles. The molecule has 1 atom stereocenters. The van der Waals surface area contributed by atoms with Crippen molar-refractivity contribution in [1.82, 2.24) is 25.5 Å². The third-order valence-corrected chi connectivity index (χ3v) is 5.36. The Hall–Kier alpha value is -2.62. The van der Waals surface area contributed by atoms with Gasteiger partial charge in [-0.1, -0.05) is 47.1 Å². The molecule has 0 aliphatic rings. The summed E-state index contributed by atoms with van der Waals surface area (Å²) in [6.07, 6.45) is 1.87. The molecule has 3 aromatic rings. The van der Waals surface area contributed by atoms with Gasteiger partial charge in [0.05, 0.1) is 21.3 Å². The van der Waals surface area contributed by atoms with Crippen LogP contribution in [0.25, 0.3) is 5.69 Å². The maximum Gasteiger partial charge on any atom is 0.253 e. The second-order valence-electron chi connectivity index (χ2n) is 5.91. The summed E-state index contributed by atoms with van der Waals surface area (Å²) in [5.41, 5.74) is 1.43. The van der Waals surface area contributed by atoms with Gasteiger partial charge in [0, 0.05) is 5.69 Å². The molecule has 150 valence electrons. The molecule has 0 saturated heterocycles. The first kappa shape index (κ1) is 21.1. The van der Waals surface area contributed by atoms with Gasteiger partial charge in [0.15, 0.2) is 0 Å². The molecule has 0 aliphatic carbocycles. The lowest BCUT2D eigenvalue weighted by atomic mass is 10.2. The zero-order valence-corrected chi connectivity index (χ0v) is 17.7. The lowest BCUT2D eigenvalue weighted by molar-refractivity contribution is -0.117. The number of thioether (sulfide) groups is 1. The van der Waals surface area contributed by atoms with Crippen LogP contribution >= 0.6 is 35.0 Å². The maximum atomic E-state index is 12.5. The van der Waals surface area contributed by atoms with Crippen LogP contribution in [0.2, 0.25) is 10.0 Å². The van der Waals surface area contributed by atoms with E-state index in [0.29, 0.717) is 16.5 Å². The number of aromatic nitrogens is 4. The molecular weight excluding hydrogens is 435 g/mol. The van der Waals surface area contributed by atoms with E-state index < -0.39 is 17.9 Å². The van der Waals surface area contributed by atoms with E-state index in [1.54, 1.807) is 41.9 Å². The van der Waals surface area contributed by atoms with Gasteiger partial charge >= 0.3 is 0 Å². The van der Waals surface area contributed by atoms with E-state index in [1.165, 1.54) is 17.8 Å². The fraction of sp³-hybridized carbons (Fsp3) is 0.167. The Bertz CT molecular complexity index is 1060. The second kappa shape index (κ2) is 9.25. The summed E-state index contributed by atoms with van der Waals surface area (Å²) in [5, 5.41) is 17.9. The van der Waals surface area contributed by atoms with Crippen LogP contribution in [0.3, 0.4) is 0 Å². The Labute approximate surface area is 181 Å². The number of hydrogen-bond acceptors (Lipinski definition) is 6. The van der Waals surface area contributed by atoms with Crippen molar-refractivity contribution in [2.24, 2.45) is 0 Å². The van der Waals surface area contributed by atoms with Crippen molar-refractivity contribution in [2.45, 2.75) is 18.1 Å². The molecule has 2 aromatic carbocycles. The Balaban J connectivity index is 1.69. The van der Waals surface area contributed by atoms with Crippen LogP contribution in [-0.2, 0) is 4.79 Å². The molecule has 0 bridgehead atoms. The van der Waals surface area contributed by atoms with E-state index in [9.17, 15) is 9.59 Å². The molecule has 0 fully saturated rings. The number of amides is 2. The number of halogens is 2. The van der Waals surface area contributed by atoms with Gasteiger partial charge in [-0.3, -0.25) is 9.59 Å². The minimum atomic E-state index is -0.809. The highest BCUT2D eigenvalue weighted by atomic mass is 35.5. The molecule has 0 radical (unpaired) electrons. The average molecular weight is 451 g/mol. The van der Waals surface area contributed by atoms with Gasteiger partial charge in [0.2, 0.25) is 11.1 Å². The predicted molar refractivity (Wildman–Crippen MR) is 113 cm³/mol. The second-order valence-corrected chi connectivity index (χ2v) is 7.47. The minimum absolute atomic E-state index is 0.137. The van der Waals surface area contributed by atoms with E-state index in [0.717, 1.165) is 0 Å². The molecule has 29 heavy (non-hydrogen) atoms. The summed E-state index contributed by atoms with van der Waals surface area (Å²) < 4.78 is 1.56.